The van der Waals surface area contributed by atoms with E-state index in [0.29, 0.717) is 22.5 Å². The molecular weight excluding hydrogens is 635 g/mol. The molecule has 3 heterocycles. The topological polar surface area (TPSA) is 73.0 Å². The number of nitrogens with zero attached hydrogens (tertiary/aromatic N) is 5. The maximum atomic E-state index is 14.7. The summed E-state index contributed by atoms with van der Waals surface area (Å²) in [4.78, 5) is 16.2. The summed E-state index contributed by atoms with van der Waals surface area (Å²) in [6.07, 6.45) is 5.53. The van der Waals surface area contributed by atoms with Crippen molar-refractivity contribution in [3.05, 3.63) is 164 Å². The van der Waals surface area contributed by atoms with Gasteiger partial charge in [0.1, 0.15) is 9.73 Å². The third-order valence-corrected chi connectivity index (χ3v) is 11.4. The Kier molecular flexibility index (Phi) is 7.69. The predicted octanol–water partition coefficient (Wildman–Crippen LogP) is 10.9. The average molecular weight is 668 g/mol. The first-order valence-corrected chi connectivity index (χ1v) is 17.9. The van der Waals surface area contributed by atoms with Crippen LogP contribution in [-0.2, 0) is 9.73 Å². The van der Waals surface area contributed by atoms with Crippen LogP contribution in [0.2, 0.25) is 0 Å². The molecule has 0 spiro atoms. The number of fused-ring (bicyclic) bond motifs is 4. The first kappa shape index (κ1) is 31.1. The smallest absolute Gasteiger partial charge is 0.238 e. The zero-order valence-corrected chi connectivity index (χ0v) is 28.6. The van der Waals surface area contributed by atoms with E-state index < -0.39 is 9.73 Å². The van der Waals surface area contributed by atoms with Crippen molar-refractivity contribution in [2.45, 2.75) is 23.6 Å². The van der Waals surface area contributed by atoms with Gasteiger partial charge in [0, 0.05) is 33.3 Å². The van der Waals surface area contributed by atoms with Crippen LogP contribution in [0.25, 0.3) is 62.1 Å². The normalized spacial score (nSPS) is 15.2. The van der Waals surface area contributed by atoms with Crippen molar-refractivity contribution < 1.29 is 4.21 Å². The highest BCUT2D eigenvalue weighted by atomic mass is 32.2. The fraction of sp³-hybridized carbons (Fsp3) is 0.0465. The van der Waals surface area contributed by atoms with Crippen molar-refractivity contribution in [2.75, 3.05) is 0 Å². The Morgan fingerprint density at radius 3 is 2.20 bits per heavy atom. The first-order chi connectivity index (χ1) is 24.4. The molecule has 0 fully saturated rings. The predicted molar refractivity (Wildman–Crippen MR) is 205 cm³/mol. The van der Waals surface area contributed by atoms with Crippen LogP contribution in [0.3, 0.4) is 0 Å². The third kappa shape index (κ3) is 5.11. The molecule has 1 aliphatic rings. The van der Waals surface area contributed by atoms with Crippen molar-refractivity contribution in [1.29, 1.82) is 0 Å². The summed E-state index contributed by atoms with van der Waals surface area (Å²) in [5.41, 5.74) is 9.37. The number of allylic oxidation sites excluding steroid dienone is 3. The Morgan fingerprint density at radius 2 is 1.44 bits per heavy atom. The maximum absolute atomic E-state index is 14.7. The number of benzene rings is 5. The SMILES string of the molecule is C=C/C=C(\C)c1nc(-c2ccccc2)nc(-n2c(C)c(C=C)c3cc(-c4ccc5c(c4)-c4ccccc4N=S5(=O)c4ccccc4)ccc32)n1. The van der Waals surface area contributed by atoms with Crippen molar-refractivity contribution >= 4 is 38.0 Å². The molecule has 0 radical (unpaired) electrons. The van der Waals surface area contributed by atoms with E-state index in [4.69, 9.17) is 19.3 Å². The van der Waals surface area contributed by atoms with Crippen LogP contribution < -0.4 is 0 Å². The molecule has 242 valence electrons. The van der Waals surface area contributed by atoms with Gasteiger partial charge in [-0.25, -0.2) is 9.19 Å². The van der Waals surface area contributed by atoms with Crippen LogP contribution in [0.4, 0.5) is 5.69 Å². The molecule has 50 heavy (non-hydrogen) atoms. The van der Waals surface area contributed by atoms with Gasteiger partial charge in [-0.2, -0.15) is 14.3 Å². The molecule has 5 aromatic carbocycles. The molecule has 0 aliphatic carbocycles. The third-order valence-electron chi connectivity index (χ3n) is 9.13. The number of aromatic nitrogens is 4. The molecule has 1 aliphatic heterocycles. The minimum Gasteiger partial charge on any atom is -0.282 e. The lowest BCUT2D eigenvalue weighted by atomic mass is 9.96. The van der Waals surface area contributed by atoms with E-state index in [0.717, 1.165) is 66.1 Å². The van der Waals surface area contributed by atoms with E-state index in [1.54, 1.807) is 6.08 Å². The van der Waals surface area contributed by atoms with Crippen LogP contribution in [0.5, 0.6) is 0 Å². The second kappa shape index (κ2) is 12.4. The lowest BCUT2D eigenvalue weighted by Crippen LogP contribution is -2.09. The van der Waals surface area contributed by atoms with Crippen molar-refractivity contribution in [1.82, 2.24) is 19.5 Å². The molecule has 2 aromatic heterocycles. The van der Waals surface area contributed by atoms with Crippen molar-refractivity contribution in [3.63, 3.8) is 0 Å². The van der Waals surface area contributed by atoms with Crippen LogP contribution in [-0.4, -0.2) is 23.7 Å². The van der Waals surface area contributed by atoms with E-state index in [2.05, 4.69) is 48.9 Å². The highest BCUT2D eigenvalue weighted by molar-refractivity contribution is 7.94. The summed E-state index contributed by atoms with van der Waals surface area (Å²) >= 11 is 0. The van der Waals surface area contributed by atoms with Crippen LogP contribution in [0.15, 0.2) is 161 Å². The van der Waals surface area contributed by atoms with Gasteiger partial charge >= 0.3 is 0 Å². The second-order valence-electron chi connectivity index (χ2n) is 12.2. The number of hydrogen-bond donors (Lipinski definition) is 0. The molecule has 0 N–H and O–H groups in total. The molecule has 1 atom stereocenters. The van der Waals surface area contributed by atoms with E-state index in [9.17, 15) is 4.21 Å². The van der Waals surface area contributed by atoms with E-state index in [1.165, 1.54) is 0 Å². The summed E-state index contributed by atoms with van der Waals surface area (Å²) < 4.78 is 21.6. The molecule has 7 heteroatoms. The summed E-state index contributed by atoms with van der Waals surface area (Å²) in [5, 5.41) is 1.03. The van der Waals surface area contributed by atoms with Gasteiger partial charge in [-0.1, -0.05) is 110 Å². The van der Waals surface area contributed by atoms with E-state index in [1.807, 2.05) is 116 Å². The minimum absolute atomic E-state index is 0.527. The van der Waals surface area contributed by atoms with Crippen LogP contribution in [0.1, 0.15) is 24.0 Å². The largest absolute Gasteiger partial charge is 0.282 e. The van der Waals surface area contributed by atoms with Gasteiger partial charge in [0.25, 0.3) is 0 Å². The molecule has 6 nitrogen and oxygen atoms in total. The van der Waals surface area contributed by atoms with E-state index >= 15 is 0 Å². The fourth-order valence-electron chi connectivity index (χ4n) is 6.66. The Hall–Kier alpha value is -6.18. The highest BCUT2D eigenvalue weighted by Crippen LogP contribution is 2.45. The number of hydrogen-bond acceptors (Lipinski definition) is 5. The van der Waals surface area contributed by atoms with Crippen molar-refractivity contribution in [3.8, 4) is 39.6 Å². The molecular formula is C43H33N5OS. The maximum Gasteiger partial charge on any atom is 0.238 e. The molecule has 0 amide bonds. The molecule has 7 aromatic rings. The quantitative estimate of drug-likeness (QED) is 0.159. The summed E-state index contributed by atoms with van der Waals surface area (Å²) in [5.74, 6) is 1.70. The average Bonchev–Trinajstić information content (AvgIpc) is 3.45. The van der Waals surface area contributed by atoms with Gasteiger partial charge in [-0.3, -0.25) is 4.57 Å². The zero-order valence-electron chi connectivity index (χ0n) is 27.7. The van der Waals surface area contributed by atoms with Gasteiger partial charge in [-0.15, -0.1) is 0 Å². The van der Waals surface area contributed by atoms with Gasteiger partial charge < -0.3 is 0 Å². The molecule has 0 bridgehead atoms. The molecule has 1 unspecified atom stereocenters. The first-order valence-electron chi connectivity index (χ1n) is 16.3. The Balaban J connectivity index is 1.30. The number of rotatable bonds is 7. The van der Waals surface area contributed by atoms with Crippen LogP contribution in [0, 0.1) is 6.92 Å². The lowest BCUT2D eigenvalue weighted by Gasteiger charge is -2.22. The Bertz CT molecular complexity index is 2650. The second-order valence-corrected chi connectivity index (χ2v) is 14.3. The monoisotopic (exact) mass is 667 g/mol. The molecule has 8 rings (SSSR count). The Morgan fingerprint density at radius 1 is 0.740 bits per heavy atom. The van der Waals surface area contributed by atoms with Gasteiger partial charge in [0.2, 0.25) is 5.95 Å². The highest BCUT2D eigenvalue weighted by Gasteiger charge is 2.27. The summed E-state index contributed by atoms with van der Waals surface area (Å²) in [7, 11) is -2.88. The summed E-state index contributed by atoms with van der Waals surface area (Å²) in [6, 6.07) is 40.0. The fourth-order valence-corrected chi connectivity index (χ4v) is 8.80. The van der Waals surface area contributed by atoms with Crippen molar-refractivity contribution in [2.24, 2.45) is 4.36 Å². The summed E-state index contributed by atoms with van der Waals surface area (Å²) in [6.45, 7) is 12.1. The van der Waals surface area contributed by atoms with Crippen LogP contribution >= 0.6 is 0 Å². The lowest BCUT2D eigenvalue weighted by molar-refractivity contribution is 0.676. The molecule has 0 saturated heterocycles. The van der Waals surface area contributed by atoms with Gasteiger partial charge in [0.15, 0.2) is 11.6 Å². The minimum atomic E-state index is -2.88. The van der Waals surface area contributed by atoms with Gasteiger partial charge in [-0.05, 0) is 73.0 Å². The zero-order chi connectivity index (χ0) is 34.4. The van der Waals surface area contributed by atoms with E-state index in [-0.39, 0.29) is 0 Å². The Labute approximate surface area is 292 Å². The van der Waals surface area contributed by atoms with Gasteiger partial charge in [0.05, 0.1) is 21.0 Å². The molecule has 0 saturated carbocycles. The standard InChI is InChI=1S/C43H33N5OS/c1-5-15-28(3)41-44-42(30-16-9-7-10-17-30)46-43(45-41)48-29(4)34(6-2)36-26-31(22-24-39(36)48)32-23-25-40-37(27-32)35-20-13-14-21-38(35)47-50(40,49)33-18-11-8-12-19-33/h5-27H,1-2H2,3-4H3/b28-15+.